The predicted molar refractivity (Wildman–Crippen MR) is 66.8 cm³/mol. The second-order valence-electron chi connectivity index (χ2n) is 4.25. The first-order valence-corrected chi connectivity index (χ1v) is 6.53. The molecule has 1 aromatic rings. The molecule has 0 radical (unpaired) electrons. The summed E-state index contributed by atoms with van der Waals surface area (Å²) in [5.74, 6) is 0. The van der Waals surface area contributed by atoms with E-state index in [0.717, 1.165) is 10.9 Å². The summed E-state index contributed by atoms with van der Waals surface area (Å²) in [5, 5.41) is 3.57. The van der Waals surface area contributed by atoms with Crippen molar-refractivity contribution in [3.05, 3.63) is 21.3 Å². The monoisotopic (exact) mass is 244 g/mol. The second kappa shape index (κ2) is 4.83. The van der Waals surface area contributed by atoms with Crippen molar-refractivity contribution in [3.8, 4) is 0 Å². The third-order valence-corrected chi connectivity index (χ3v) is 4.22. The van der Waals surface area contributed by atoms with Crippen LogP contribution in [-0.2, 0) is 0 Å². The minimum absolute atomic E-state index is 0.463. The highest BCUT2D eigenvalue weighted by atomic mass is 35.5. The van der Waals surface area contributed by atoms with Gasteiger partial charge in [0.2, 0.25) is 0 Å². The summed E-state index contributed by atoms with van der Waals surface area (Å²) in [4.78, 5) is 3.65. The SMILES string of the molecule is CN(C)C(c1ccc(Cl)s1)C1CCCN1. The fourth-order valence-corrected chi connectivity index (χ4v) is 3.60. The van der Waals surface area contributed by atoms with Crippen LogP contribution in [-0.4, -0.2) is 31.6 Å². The Bertz CT molecular complexity index is 318. The molecule has 15 heavy (non-hydrogen) atoms. The van der Waals surface area contributed by atoms with Gasteiger partial charge in [-0.3, -0.25) is 0 Å². The van der Waals surface area contributed by atoms with Gasteiger partial charge >= 0.3 is 0 Å². The third-order valence-electron chi connectivity index (χ3n) is 2.92. The van der Waals surface area contributed by atoms with Crippen molar-refractivity contribution in [1.29, 1.82) is 0 Å². The van der Waals surface area contributed by atoms with E-state index in [9.17, 15) is 0 Å². The van der Waals surface area contributed by atoms with E-state index in [1.807, 2.05) is 6.07 Å². The van der Waals surface area contributed by atoms with Crippen molar-refractivity contribution in [3.63, 3.8) is 0 Å². The lowest BCUT2D eigenvalue weighted by atomic mass is 10.0. The van der Waals surface area contributed by atoms with Crippen LogP contribution in [0, 0.1) is 0 Å². The fourth-order valence-electron chi connectivity index (χ4n) is 2.28. The van der Waals surface area contributed by atoms with Gasteiger partial charge in [0, 0.05) is 10.9 Å². The molecule has 1 aliphatic heterocycles. The van der Waals surface area contributed by atoms with Gasteiger partial charge in [0.05, 0.1) is 10.4 Å². The van der Waals surface area contributed by atoms with E-state index in [2.05, 4.69) is 30.4 Å². The highest BCUT2D eigenvalue weighted by Crippen LogP contribution is 2.33. The molecule has 0 bridgehead atoms. The average molecular weight is 245 g/mol. The zero-order valence-corrected chi connectivity index (χ0v) is 10.7. The summed E-state index contributed by atoms with van der Waals surface area (Å²) in [6, 6.07) is 5.18. The van der Waals surface area contributed by atoms with E-state index in [4.69, 9.17) is 11.6 Å². The van der Waals surface area contributed by atoms with E-state index in [1.54, 1.807) is 11.3 Å². The molecule has 0 spiro atoms. The van der Waals surface area contributed by atoms with Crippen LogP contribution in [0.4, 0.5) is 0 Å². The molecule has 2 unspecified atom stereocenters. The summed E-state index contributed by atoms with van der Waals surface area (Å²) in [5.41, 5.74) is 0. The first kappa shape index (κ1) is 11.4. The topological polar surface area (TPSA) is 15.3 Å². The van der Waals surface area contributed by atoms with Crippen molar-refractivity contribution >= 4 is 22.9 Å². The lowest BCUT2D eigenvalue weighted by molar-refractivity contribution is 0.248. The Kier molecular flexibility index (Phi) is 3.67. The molecule has 2 nitrogen and oxygen atoms in total. The molecule has 2 heterocycles. The molecule has 1 fully saturated rings. The van der Waals surface area contributed by atoms with E-state index < -0.39 is 0 Å². The fraction of sp³-hybridized carbons (Fsp3) is 0.636. The number of thiophene rings is 1. The molecule has 0 aliphatic carbocycles. The van der Waals surface area contributed by atoms with Gasteiger partial charge in [-0.25, -0.2) is 0 Å². The van der Waals surface area contributed by atoms with Crippen LogP contribution in [0.15, 0.2) is 12.1 Å². The molecular weight excluding hydrogens is 228 g/mol. The number of halogens is 1. The Balaban J connectivity index is 2.18. The zero-order valence-electron chi connectivity index (χ0n) is 9.16. The summed E-state index contributed by atoms with van der Waals surface area (Å²) >= 11 is 7.69. The molecule has 2 atom stereocenters. The summed E-state index contributed by atoms with van der Waals surface area (Å²) in [7, 11) is 4.27. The van der Waals surface area contributed by atoms with E-state index in [-0.39, 0.29) is 0 Å². The Morgan fingerprint density at radius 2 is 2.33 bits per heavy atom. The van der Waals surface area contributed by atoms with Crippen molar-refractivity contribution in [2.45, 2.75) is 24.9 Å². The van der Waals surface area contributed by atoms with Gasteiger partial charge in [-0.2, -0.15) is 0 Å². The van der Waals surface area contributed by atoms with Gasteiger partial charge in [0.25, 0.3) is 0 Å². The first-order valence-electron chi connectivity index (χ1n) is 5.33. The average Bonchev–Trinajstić information content (AvgIpc) is 2.77. The van der Waals surface area contributed by atoms with Crippen LogP contribution in [0.25, 0.3) is 0 Å². The summed E-state index contributed by atoms with van der Waals surface area (Å²) in [6.07, 6.45) is 2.55. The Hall–Kier alpha value is -0.0900. The number of rotatable bonds is 3. The van der Waals surface area contributed by atoms with Crippen LogP contribution in [0.3, 0.4) is 0 Å². The zero-order chi connectivity index (χ0) is 10.8. The van der Waals surface area contributed by atoms with Crippen molar-refractivity contribution in [2.75, 3.05) is 20.6 Å². The number of likely N-dealkylation sites (N-methyl/N-ethyl adjacent to an activating group) is 1. The molecule has 1 saturated heterocycles. The Morgan fingerprint density at radius 3 is 2.80 bits per heavy atom. The van der Waals surface area contributed by atoms with Crippen LogP contribution in [0.1, 0.15) is 23.8 Å². The van der Waals surface area contributed by atoms with Gasteiger partial charge in [-0.15, -0.1) is 11.3 Å². The molecule has 1 aromatic heterocycles. The van der Waals surface area contributed by atoms with Gasteiger partial charge in [-0.1, -0.05) is 11.6 Å². The number of hydrogen-bond acceptors (Lipinski definition) is 3. The standard InChI is InChI=1S/C11H17ClN2S/c1-14(2)11(8-4-3-7-13-8)9-5-6-10(12)15-9/h5-6,8,11,13H,3-4,7H2,1-2H3. The summed E-state index contributed by atoms with van der Waals surface area (Å²) < 4.78 is 0.884. The van der Waals surface area contributed by atoms with E-state index in [1.165, 1.54) is 17.7 Å². The molecule has 1 aliphatic rings. The van der Waals surface area contributed by atoms with Crippen LogP contribution in [0.5, 0.6) is 0 Å². The Morgan fingerprint density at radius 1 is 1.53 bits per heavy atom. The maximum atomic E-state index is 6.00. The third kappa shape index (κ3) is 2.53. The summed E-state index contributed by atoms with van der Waals surface area (Å²) in [6.45, 7) is 1.15. The highest BCUT2D eigenvalue weighted by Gasteiger charge is 2.28. The molecular formula is C11H17ClN2S. The van der Waals surface area contributed by atoms with Crippen LogP contribution < -0.4 is 5.32 Å². The maximum Gasteiger partial charge on any atom is 0.0931 e. The van der Waals surface area contributed by atoms with Gasteiger partial charge < -0.3 is 10.2 Å². The molecule has 2 rings (SSSR count). The van der Waals surface area contributed by atoms with Crippen LogP contribution >= 0.6 is 22.9 Å². The minimum atomic E-state index is 0.463. The predicted octanol–water partition coefficient (Wildman–Crippen LogP) is 2.76. The van der Waals surface area contributed by atoms with Crippen molar-refractivity contribution < 1.29 is 0 Å². The van der Waals surface area contributed by atoms with E-state index in [0.29, 0.717) is 12.1 Å². The van der Waals surface area contributed by atoms with Gasteiger partial charge in [0.1, 0.15) is 0 Å². The lowest BCUT2D eigenvalue weighted by Gasteiger charge is -2.29. The number of hydrogen-bond donors (Lipinski definition) is 1. The van der Waals surface area contributed by atoms with Crippen LogP contribution in [0.2, 0.25) is 4.34 Å². The molecule has 4 heteroatoms. The lowest BCUT2D eigenvalue weighted by Crippen LogP contribution is -2.36. The van der Waals surface area contributed by atoms with Gasteiger partial charge in [-0.05, 0) is 45.6 Å². The smallest absolute Gasteiger partial charge is 0.0931 e. The molecule has 1 N–H and O–H groups in total. The van der Waals surface area contributed by atoms with Crippen molar-refractivity contribution in [1.82, 2.24) is 10.2 Å². The maximum absolute atomic E-state index is 6.00. The Labute approximate surface area is 100 Å². The molecule has 84 valence electrons. The van der Waals surface area contributed by atoms with Crippen molar-refractivity contribution in [2.24, 2.45) is 0 Å². The normalized spacial score (nSPS) is 23.6. The van der Waals surface area contributed by atoms with Gasteiger partial charge in [0.15, 0.2) is 0 Å². The number of nitrogens with one attached hydrogen (secondary N) is 1. The second-order valence-corrected chi connectivity index (χ2v) is 6.00. The first-order chi connectivity index (χ1) is 7.18. The largest absolute Gasteiger partial charge is 0.312 e. The minimum Gasteiger partial charge on any atom is -0.312 e. The highest BCUT2D eigenvalue weighted by molar-refractivity contribution is 7.16. The number of nitrogens with zero attached hydrogens (tertiary/aromatic N) is 1. The molecule has 0 saturated carbocycles. The molecule has 0 aromatic carbocycles. The quantitative estimate of drug-likeness (QED) is 0.880. The van der Waals surface area contributed by atoms with E-state index >= 15 is 0 Å². The molecule has 0 amide bonds.